The Morgan fingerprint density at radius 2 is 2.06 bits per heavy atom. The third kappa shape index (κ3) is 4.14. The summed E-state index contributed by atoms with van der Waals surface area (Å²) < 4.78 is 21.8. The number of hydrogen-bond acceptors (Lipinski definition) is 4. The fourth-order valence-electron chi connectivity index (χ4n) is 2.30. The van der Waals surface area contributed by atoms with Crippen LogP contribution in [0.15, 0.2) is 0 Å². The summed E-state index contributed by atoms with van der Waals surface area (Å²) in [7, 11) is -4.22. The van der Waals surface area contributed by atoms with Gasteiger partial charge >= 0.3 is 7.60 Å². The Labute approximate surface area is 106 Å². The molecule has 2 rings (SSSR count). The lowest BCUT2D eigenvalue weighted by atomic mass is 9.80. The van der Waals surface area contributed by atoms with E-state index in [9.17, 15) is 9.36 Å². The molecule has 18 heavy (non-hydrogen) atoms. The van der Waals surface area contributed by atoms with Crippen LogP contribution in [0.1, 0.15) is 32.1 Å². The zero-order chi connectivity index (χ0) is 13.2. The largest absolute Gasteiger partial charge is 0.353 e. The van der Waals surface area contributed by atoms with Gasteiger partial charge in [0.15, 0.2) is 6.29 Å². The summed E-state index contributed by atoms with van der Waals surface area (Å²) in [5.74, 6) is -0.612. The number of rotatable bonds is 5. The molecule has 1 heterocycles. The second-order valence-corrected chi connectivity index (χ2v) is 6.66. The minimum absolute atomic E-state index is 0.00109. The van der Waals surface area contributed by atoms with Gasteiger partial charge in [-0.15, -0.1) is 0 Å². The predicted molar refractivity (Wildman–Crippen MR) is 63.1 cm³/mol. The van der Waals surface area contributed by atoms with Gasteiger partial charge in [0.25, 0.3) is 0 Å². The number of ether oxygens (including phenoxy) is 2. The molecule has 104 valence electrons. The van der Waals surface area contributed by atoms with Gasteiger partial charge in [-0.25, -0.2) is 0 Å². The predicted octanol–water partition coefficient (Wildman–Crippen LogP) is 1.05. The van der Waals surface area contributed by atoms with Crippen molar-refractivity contribution in [3.8, 4) is 0 Å². The molecule has 0 amide bonds. The molecule has 2 fully saturated rings. The van der Waals surface area contributed by atoms with Crippen molar-refractivity contribution in [3.63, 3.8) is 0 Å². The molecule has 1 atom stereocenters. The Hall–Kier alpha value is -0.260. The first kappa shape index (κ1) is 14.2. The highest BCUT2D eigenvalue weighted by Crippen LogP contribution is 2.39. The summed E-state index contributed by atoms with van der Waals surface area (Å²) in [5, 5.41) is 0. The highest BCUT2D eigenvalue weighted by Gasteiger charge is 2.38. The molecule has 1 aliphatic carbocycles. The molecule has 1 unspecified atom stereocenters. The van der Waals surface area contributed by atoms with Crippen LogP contribution in [0.25, 0.3) is 0 Å². The van der Waals surface area contributed by atoms with Crippen molar-refractivity contribution in [1.82, 2.24) is 0 Å². The summed E-state index contributed by atoms with van der Waals surface area (Å²) in [6.07, 6.45) is 3.34. The van der Waals surface area contributed by atoms with Gasteiger partial charge in [0, 0.05) is 12.5 Å². The molecule has 0 spiro atoms. The maximum absolute atomic E-state index is 11.5. The summed E-state index contributed by atoms with van der Waals surface area (Å²) in [6.45, 7) is 0.720. The number of Topliss-reactive ketones (excluding diaryl/α,β-unsaturated/α-hetero) is 1. The maximum Gasteiger partial charge on any atom is 0.332 e. The molecule has 1 aliphatic heterocycles. The quantitative estimate of drug-likeness (QED) is 0.730. The zero-order valence-electron chi connectivity index (χ0n) is 10.2. The molecule has 7 heteroatoms. The van der Waals surface area contributed by atoms with E-state index in [1.165, 1.54) is 0 Å². The van der Waals surface area contributed by atoms with Crippen molar-refractivity contribution in [3.05, 3.63) is 0 Å². The van der Waals surface area contributed by atoms with Crippen molar-refractivity contribution in [2.45, 2.75) is 44.5 Å². The van der Waals surface area contributed by atoms with Crippen molar-refractivity contribution in [2.75, 3.05) is 12.8 Å². The normalized spacial score (nSPS) is 32.9. The van der Waals surface area contributed by atoms with Crippen LogP contribution in [-0.2, 0) is 18.8 Å². The van der Waals surface area contributed by atoms with Crippen LogP contribution in [0.4, 0.5) is 0 Å². The first-order valence-electron chi connectivity index (χ1n) is 6.28. The lowest BCUT2D eigenvalue weighted by Crippen LogP contribution is -2.40. The van der Waals surface area contributed by atoms with E-state index in [-0.39, 0.29) is 24.1 Å². The van der Waals surface area contributed by atoms with E-state index in [1.807, 2.05) is 0 Å². The molecule has 0 bridgehead atoms. The molecule has 0 radical (unpaired) electrons. The molecule has 0 aromatic carbocycles. The fourth-order valence-corrected chi connectivity index (χ4v) is 2.97. The first-order valence-corrected chi connectivity index (χ1v) is 8.08. The Kier molecular flexibility index (Phi) is 4.56. The number of carbonyl (C=O) groups excluding carboxylic acids is 1. The van der Waals surface area contributed by atoms with E-state index in [4.69, 9.17) is 19.3 Å². The van der Waals surface area contributed by atoms with Gasteiger partial charge in [-0.1, -0.05) is 0 Å². The van der Waals surface area contributed by atoms with Crippen molar-refractivity contribution >= 4 is 13.4 Å². The van der Waals surface area contributed by atoms with Gasteiger partial charge in [0.2, 0.25) is 0 Å². The van der Waals surface area contributed by atoms with Gasteiger partial charge in [-0.3, -0.25) is 9.36 Å². The van der Waals surface area contributed by atoms with Crippen LogP contribution in [-0.4, -0.2) is 40.7 Å². The third-order valence-corrected chi connectivity index (χ3v) is 4.12. The van der Waals surface area contributed by atoms with E-state index in [0.29, 0.717) is 12.8 Å². The van der Waals surface area contributed by atoms with Crippen LogP contribution in [0.3, 0.4) is 0 Å². The third-order valence-electron chi connectivity index (χ3n) is 3.39. The zero-order valence-corrected chi connectivity index (χ0v) is 11.1. The minimum Gasteiger partial charge on any atom is -0.353 e. The summed E-state index contributed by atoms with van der Waals surface area (Å²) >= 11 is 0. The van der Waals surface area contributed by atoms with E-state index >= 15 is 0 Å². The maximum atomic E-state index is 11.5. The molecule has 1 saturated heterocycles. The highest BCUT2D eigenvalue weighted by atomic mass is 31.2. The molecule has 6 nitrogen and oxygen atoms in total. The van der Waals surface area contributed by atoms with Crippen LogP contribution in [0, 0.1) is 5.92 Å². The second-order valence-electron chi connectivity index (χ2n) is 5.01. The Bertz CT molecular complexity index is 339. The Balaban J connectivity index is 1.67. The number of hydrogen-bond donors (Lipinski definition) is 2. The molecular formula is C11H19O6P. The molecular weight excluding hydrogens is 259 g/mol. The highest BCUT2D eigenvalue weighted by molar-refractivity contribution is 7.52. The molecule has 0 aromatic rings. The average molecular weight is 278 g/mol. The molecule has 2 aliphatic rings. The molecule has 0 aromatic heterocycles. The van der Waals surface area contributed by atoms with Crippen LogP contribution < -0.4 is 0 Å². The molecule has 2 N–H and O–H groups in total. The van der Waals surface area contributed by atoms with Crippen molar-refractivity contribution < 1.29 is 28.6 Å². The fraction of sp³-hybridized carbons (Fsp3) is 0.909. The van der Waals surface area contributed by atoms with Crippen LogP contribution in [0.5, 0.6) is 0 Å². The lowest BCUT2D eigenvalue weighted by Gasteiger charge is -2.37. The van der Waals surface area contributed by atoms with Crippen LogP contribution in [0.2, 0.25) is 0 Å². The summed E-state index contributed by atoms with van der Waals surface area (Å²) in [5.41, 5.74) is 0. The van der Waals surface area contributed by atoms with E-state index < -0.39 is 13.8 Å². The van der Waals surface area contributed by atoms with E-state index in [0.717, 1.165) is 25.9 Å². The van der Waals surface area contributed by atoms with E-state index in [1.54, 1.807) is 0 Å². The minimum atomic E-state index is -4.22. The average Bonchev–Trinajstić information content (AvgIpc) is 2.21. The topological polar surface area (TPSA) is 93.1 Å². The van der Waals surface area contributed by atoms with E-state index in [2.05, 4.69) is 0 Å². The summed E-state index contributed by atoms with van der Waals surface area (Å²) in [4.78, 5) is 28.9. The smallest absolute Gasteiger partial charge is 0.332 e. The number of ketones is 1. The SMILES string of the molecule is O=C(CP(=O)(O)O)C1CC(OC2CCCCO2)C1. The molecule has 1 saturated carbocycles. The Morgan fingerprint density at radius 3 is 2.61 bits per heavy atom. The van der Waals surface area contributed by atoms with Crippen molar-refractivity contribution in [2.24, 2.45) is 5.92 Å². The lowest BCUT2D eigenvalue weighted by molar-refractivity contribution is -0.209. The number of carbonyl (C=O) groups is 1. The van der Waals surface area contributed by atoms with Gasteiger partial charge < -0.3 is 19.3 Å². The van der Waals surface area contributed by atoms with Crippen molar-refractivity contribution in [1.29, 1.82) is 0 Å². The van der Waals surface area contributed by atoms with Crippen LogP contribution >= 0.6 is 7.60 Å². The van der Waals surface area contributed by atoms with Gasteiger partial charge in [0.1, 0.15) is 11.9 Å². The van der Waals surface area contributed by atoms with Gasteiger partial charge in [-0.2, -0.15) is 0 Å². The van der Waals surface area contributed by atoms with Gasteiger partial charge in [0.05, 0.1) is 6.10 Å². The monoisotopic (exact) mass is 278 g/mol. The second kappa shape index (κ2) is 5.80. The first-order chi connectivity index (χ1) is 8.44. The Morgan fingerprint density at radius 1 is 1.33 bits per heavy atom. The van der Waals surface area contributed by atoms with Gasteiger partial charge in [-0.05, 0) is 32.1 Å². The standard InChI is InChI=1S/C11H19O6P/c12-10(7-18(13,14)15)8-5-9(6-8)17-11-3-1-2-4-16-11/h8-9,11H,1-7H2,(H2,13,14,15). The summed E-state index contributed by atoms with van der Waals surface area (Å²) in [6, 6.07) is 0.